The maximum absolute atomic E-state index is 12.5. The van der Waals surface area contributed by atoms with Crippen molar-refractivity contribution in [3.63, 3.8) is 0 Å². The molecule has 1 atom stereocenters. The summed E-state index contributed by atoms with van der Waals surface area (Å²) in [5.41, 5.74) is 2.36. The minimum atomic E-state index is -0.181. The number of fused-ring (bicyclic) bond motifs is 1. The van der Waals surface area contributed by atoms with Gasteiger partial charge >= 0.3 is 5.97 Å². The summed E-state index contributed by atoms with van der Waals surface area (Å²) < 4.78 is 11.4. The topological polar surface area (TPSA) is 35.5 Å². The second-order valence-electron chi connectivity index (χ2n) is 8.21. The van der Waals surface area contributed by atoms with Crippen molar-refractivity contribution in [3.8, 4) is 5.75 Å². The fourth-order valence-corrected chi connectivity index (χ4v) is 6.48. The second-order valence-corrected chi connectivity index (χ2v) is 10.2. The summed E-state index contributed by atoms with van der Waals surface area (Å²) in [5, 5.41) is 0. The molecule has 0 saturated heterocycles. The predicted molar refractivity (Wildman–Crippen MR) is 135 cm³/mol. The zero-order valence-electron chi connectivity index (χ0n) is 18.9. The lowest BCUT2D eigenvalue weighted by molar-refractivity contribution is -0.146. The van der Waals surface area contributed by atoms with Crippen LogP contribution >= 0.6 is 0 Å². The van der Waals surface area contributed by atoms with Gasteiger partial charge in [-0.2, -0.15) is 0 Å². The molecule has 0 aliphatic heterocycles. The summed E-state index contributed by atoms with van der Waals surface area (Å²) in [6.45, 7) is 0.584. The molecule has 4 heteroatoms. The molecule has 0 fully saturated rings. The van der Waals surface area contributed by atoms with Gasteiger partial charge in [-0.15, -0.1) is 0 Å². The molecular formula is C30H27O3S+. The predicted octanol–water partition coefficient (Wildman–Crippen LogP) is 6.43. The van der Waals surface area contributed by atoms with Gasteiger partial charge in [0.05, 0.1) is 16.8 Å². The van der Waals surface area contributed by atoms with Crippen molar-refractivity contribution in [1.29, 1.82) is 0 Å². The molecule has 0 saturated carbocycles. The van der Waals surface area contributed by atoms with E-state index in [0.717, 1.165) is 24.2 Å². The van der Waals surface area contributed by atoms with Crippen LogP contribution in [0, 0.1) is 0 Å². The van der Waals surface area contributed by atoms with Gasteiger partial charge in [-0.3, -0.25) is 4.79 Å². The van der Waals surface area contributed by atoms with Crippen molar-refractivity contribution in [1.82, 2.24) is 0 Å². The fraction of sp³-hybridized carbons (Fsp3) is 0.167. The minimum absolute atomic E-state index is 0.149. The molecule has 1 unspecified atom stereocenters. The third-order valence-electron chi connectivity index (χ3n) is 6.03. The summed E-state index contributed by atoms with van der Waals surface area (Å²) in [4.78, 5) is 16.3. The number of ether oxygens (including phenoxy) is 2. The van der Waals surface area contributed by atoms with Crippen LogP contribution in [0.1, 0.15) is 23.5 Å². The van der Waals surface area contributed by atoms with E-state index in [0.29, 0.717) is 6.61 Å². The average molecular weight is 468 g/mol. The van der Waals surface area contributed by atoms with Gasteiger partial charge in [0, 0.05) is 0 Å². The number of benzene rings is 4. The molecule has 5 rings (SSSR count). The van der Waals surface area contributed by atoms with E-state index >= 15 is 0 Å². The van der Waals surface area contributed by atoms with Crippen LogP contribution in [0.3, 0.4) is 0 Å². The van der Waals surface area contributed by atoms with Crippen molar-refractivity contribution in [2.45, 2.75) is 33.4 Å². The van der Waals surface area contributed by atoms with Crippen molar-refractivity contribution in [3.05, 3.63) is 120 Å². The van der Waals surface area contributed by atoms with E-state index in [4.69, 9.17) is 9.47 Å². The molecule has 0 heterocycles. The van der Waals surface area contributed by atoms with Gasteiger partial charge in [0.1, 0.15) is 19.0 Å². The van der Waals surface area contributed by atoms with Crippen LogP contribution in [0.15, 0.2) is 124 Å². The highest BCUT2D eigenvalue weighted by atomic mass is 32.2. The van der Waals surface area contributed by atoms with Gasteiger partial charge in [0.15, 0.2) is 14.7 Å². The fourth-order valence-electron chi connectivity index (χ4n) is 4.40. The third kappa shape index (κ3) is 5.02. The third-order valence-corrected chi connectivity index (χ3v) is 8.26. The Hall–Kier alpha value is -3.50. The van der Waals surface area contributed by atoms with E-state index in [-0.39, 0.29) is 29.4 Å². The van der Waals surface area contributed by atoms with Crippen molar-refractivity contribution >= 4 is 16.9 Å². The Morgan fingerprint density at radius 1 is 0.706 bits per heavy atom. The number of carbonyl (C=O) groups excluding carboxylic acids is 1. The molecule has 0 bridgehead atoms. The summed E-state index contributed by atoms with van der Waals surface area (Å²) >= 11 is 0. The van der Waals surface area contributed by atoms with E-state index in [9.17, 15) is 4.79 Å². The molecule has 1 aliphatic carbocycles. The molecular weight excluding hydrogens is 440 g/mol. The quantitative estimate of drug-likeness (QED) is 0.170. The number of hydrogen-bond donors (Lipinski definition) is 0. The van der Waals surface area contributed by atoms with E-state index in [2.05, 4.69) is 66.7 Å². The van der Waals surface area contributed by atoms with Gasteiger partial charge in [0.2, 0.25) is 0 Å². The molecule has 1 aliphatic rings. The Morgan fingerprint density at radius 3 is 1.97 bits per heavy atom. The first-order valence-electron chi connectivity index (χ1n) is 11.6. The first-order valence-corrected chi connectivity index (χ1v) is 12.8. The largest absolute Gasteiger partial charge is 0.490 e. The molecule has 170 valence electrons. The summed E-state index contributed by atoms with van der Waals surface area (Å²) in [7, 11) is -0.181. The first kappa shape index (κ1) is 22.3. The van der Waals surface area contributed by atoms with Gasteiger partial charge in [0.25, 0.3) is 0 Å². The minimum Gasteiger partial charge on any atom is -0.490 e. The summed E-state index contributed by atoms with van der Waals surface area (Å²) in [5.74, 6) is 0.471. The highest BCUT2D eigenvalue weighted by Gasteiger charge is 2.30. The first-order chi connectivity index (χ1) is 16.8. The number of esters is 1. The standard InChI is InChI=1S/C30H27O3S/c31-30(29-20-15-23-9-7-8-14-28(23)29)33-22-21-32-24-16-18-27(19-17-24)34(25-10-3-1-4-11-25)26-12-5-2-6-13-26/h1-14,16-19,29H,15,20-22H2/q+1. The molecule has 0 spiro atoms. The Morgan fingerprint density at radius 2 is 1.29 bits per heavy atom. The van der Waals surface area contributed by atoms with E-state index in [1.54, 1.807) is 0 Å². The van der Waals surface area contributed by atoms with E-state index in [1.807, 2.05) is 42.5 Å². The van der Waals surface area contributed by atoms with Crippen molar-refractivity contribution in [2.24, 2.45) is 0 Å². The van der Waals surface area contributed by atoms with Crippen molar-refractivity contribution < 1.29 is 14.3 Å². The number of rotatable bonds is 8. The normalized spacial score (nSPS) is 14.6. The average Bonchev–Trinajstić information content (AvgIpc) is 3.33. The lowest BCUT2D eigenvalue weighted by Crippen LogP contribution is -2.17. The van der Waals surface area contributed by atoms with Gasteiger partial charge in [-0.25, -0.2) is 0 Å². The highest BCUT2D eigenvalue weighted by molar-refractivity contribution is 7.97. The van der Waals surface area contributed by atoms with Gasteiger partial charge < -0.3 is 9.47 Å². The zero-order valence-corrected chi connectivity index (χ0v) is 19.7. The number of carbonyl (C=O) groups is 1. The maximum atomic E-state index is 12.5. The van der Waals surface area contributed by atoms with Crippen LogP contribution in [0.5, 0.6) is 5.75 Å². The van der Waals surface area contributed by atoms with Crippen LogP contribution in [0.4, 0.5) is 0 Å². The molecule has 0 aromatic heterocycles. The number of aryl methyl sites for hydroxylation is 1. The summed E-state index contributed by atoms with van der Waals surface area (Å²) in [6.07, 6.45) is 1.76. The SMILES string of the molecule is O=C(OCCOc1ccc([S+](c2ccccc2)c2ccccc2)cc1)C1CCc2ccccc21. The van der Waals surface area contributed by atoms with E-state index < -0.39 is 0 Å². The maximum Gasteiger partial charge on any atom is 0.313 e. The van der Waals surface area contributed by atoms with E-state index in [1.165, 1.54) is 20.2 Å². The monoisotopic (exact) mass is 467 g/mol. The zero-order chi connectivity index (χ0) is 23.2. The molecule has 0 radical (unpaired) electrons. The molecule has 0 amide bonds. The molecule has 3 nitrogen and oxygen atoms in total. The molecule has 34 heavy (non-hydrogen) atoms. The Labute approximate surface area is 203 Å². The van der Waals surface area contributed by atoms with Gasteiger partial charge in [-0.05, 0) is 72.5 Å². The van der Waals surface area contributed by atoms with Gasteiger partial charge in [-0.1, -0.05) is 60.7 Å². The summed E-state index contributed by atoms with van der Waals surface area (Å²) in [6, 6.07) is 37.5. The van der Waals surface area contributed by atoms with Crippen LogP contribution in [0.2, 0.25) is 0 Å². The highest BCUT2D eigenvalue weighted by Crippen LogP contribution is 2.34. The lowest BCUT2D eigenvalue weighted by atomic mass is 10.0. The van der Waals surface area contributed by atoms with Crippen LogP contribution in [-0.2, 0) is 26.8 Å². The smallest absolute Gasteiger partial charge is 0.313 e. The molecule has 4 aromatic rings. The Kier molecular flexibility index (Phi) is 6.97. The lowest BCUT2D eigenvalue weighted by Gasteiger charge is -2.12. The molecule has 4 aromatic carbocycles. The second kappa shape index (κ2) is 10.6. The Balaban J connectivity index is 1.19. The number of hydrogen-bond acceptors (Lipinski definition) is 3. The van der Waals surface area contributed by atoms with Crippen LogP contribution < -0.4 is 4.74 Å². The van der Waals surface area contributed by atoms with Crippen LogP contribution in [-0.4, -0.2) is 19.2 Å². The molecule has 0 N–H and O–H groups in total. The Bertz CT molecular complexity index is 1180. The van der Waals surface area contributed by atoms with Crippen molar-refractivity contribution in [2.75, 3.05) is 13.2 Å². The van der Waals surface area contributed by atoms with Crippen LogP contribution in [0.25, 0.3) is 0 Å².